The van der Waals surface area contributed by atoms with E-state index in [1.807, 2.05) is 4.90 Å². The maximum atomic E-state index is 12.5. The summed E-state index contributed by atoms with van der Waals surface area (Å²) in [5.41, 5.74) is 13.0. The fraction of sp³-hybridized carbons (Fsp3) is 0.500. The summed E-state index contributed by atoms with van der Waals surface area (Å²) in [5.74, 6) is -0.0443. The molecular weight excluding hydrogens is 242 g/mol. The summed E-state index contributed by atoms with van der Waals surface area (Å²) in [6.07, 6.45) is 3.83. The minimum Gasteiger partial charge on any atom is -0.399 e. The lowest BCUT2D eigenvalue weighted by Crippen LogP contribution is -2.45. The van der Waals surface area contributed by atoms with E-state index in [1.165, 1.54) is 0 Å². The zero-order chi connectivity index (χ0) is 13.8. The van der Waals surface area contributed by atoms with E-state index >= 15 is 0 Å². The van der Waals surface area contributed by atoms with Crippen LogP contribution in [0.25, 0.3) is 0 Å². The molecule has 0 radical (unpaired) electrons. The third-order valence-electron chi connectivity index (χ3n) is 3.56. The number of hydrogen-bond acceptors (Lipinski definition) is 4. The molecular formula is C14H21N3O2. The second kappa shape index (κ2) is 5.93. The molecule has 1 amide bonds. The molecule has 0 bridgehead atoms. The number of carbonyl (C=O) groups excluding carboxylic acids is 1. The van der Waals surface area contributed by atoms with E-state index in [0.29, 0.717) is 35.9 Å². The molecule has 19 heavy (non-hydrogen) atoms. The van der Waals surface area contributed by atoms with Crippen molar-refractivity contribution in [1.29, 1.82) is 0 Å². The maximum absolute atomic E-state index is 12.5. The van der Waals surface area contributed by atoms with Crippen molar-refractivity contribution in [3.63, 3.8) is 0 Å². The van der Waals surface area contributed by atoms with Crippen LogP contribution in [0, 0.1) is 0 Å². The van der Waals surface area contributed by atoms with E-state index < -0.39 is 0 Å². The van der Waals surface area contributed by atoms with Crippen molar-refractivity contribution < 1.29 is 9.90 Å². The van der Waals surface area contributed by atoms with E-state index in [0.717, 1.165) is 19.3 Å². The molecule has 1 fully saturated rings. The smallest absolute Gasteiger partial charge is 0.254 e. The molecule has 104 valence electrons. The number of carbonyl (C=O) groups is 1. The quantitative estimate of drug-likeness (QED) is 0.697. The van der Waals surface area contributed by atoms with Crippen LogP contribution < -0.4 is 11.5 Å². The van der Waals surface area contributed by atoms with Gasteiger partial charge in [-0.15, -0.1) is 0 Å². The third-order valence-corrected chi connectivity index (χ3v) is 3.56. The van der Waals surface area contributed by atoms with Crippen molar-refractivity contribution in [3.05, 3.63) is 23.8 Å². The van der Waals surface area contributed by atoms with Gasteiger partial charge >= 0.3 is 0 Å². The average molecular weight is 263 g/mol. The van der Waals surface area contributed by atoms with Crippen molar-refractivity contribution >= 4 is 17.3 Å². The van der Waals surface area contributed by atoms with Crippen molar-refractivity contribution in [2.75, 3.05) is 24.6 Å². The van der Waals surface area contributed by atoms with Gasteiger partial charge in [-0.3, -0.25) is 4.79 Å². The molecule has 5 heteroatoms. The highest BCUT2D eigenvalue weighted by Gasteiger charge is 2.29. The summed E-state index contributed by atoms with van der Waals surface area (Å²) in [7, 11) is 0. The molecule has 0 unspecified atom stereocenters. The Morgan fingerprint density at radius 3 is 2.37 bits per heavy atom. The minimum absolute atomic E-state index is 0.0443. The van der Waals surface area contributed by atoms with Crippen molar-refractivity contribution in [3.8, 4) is 0 Å². The predicted octanol–water partition coefficient (Wildman–Crippen LogP) is 1.23. The topological polar surface area (TPSA) is 92.6 Å². The Balaban J connectivity index is 2.17. The van der Waals surface area contributed by atoms with Crippen LogP contribution in [0.4, 0.5) is 11.4 Å². The standard InChI is InChI=1S/C14H21N3O2/c15-11-7-10(8-12(16)9-11)14(19)17(5-2-6-18)13-3-1-4-13/h7-9,13,18H,1-6,15-16H2. The van der Waals surface area contributed by atoms with Crippen LogP contribution >= 0.6 is 0 Å². The van der Waals surface area contributed by atoms with Crippen LogP contribution in [0.2, 0.25) is 0 Å². The SMILES string of the molecule is Nc1cc(N)cc(C(=O)N(CCCO)C2CCC2)c1. The van der Waals surface area contributed by atoms with E-state index in [9.17, 15) is 4.79 Å². The number of nitrogens with zero attached hydrogens (tertiary/aromatic N) is 1. The highest BCUT2D eigenvalue weighted by atomic mass is 16.3. The normalized spacial score (nSPS) is 15.0. The van der Waals surface area contributed by atoms with Crippen LogP contribution in [0.3, 0.4) is 0 Å². The average Bonchev–Trinajstić information content (AvgIpc) is 2.29. The van der Waals surface area contributed by atoms with Gasteiger partial charge in [0.05, 0.1) is 0 Å². The van der Waals surface area contributed by atoms with E-state index in [1.54, 1.807) is 18.2 Å². The van der Waals surface area contributed by atoms with Crippen LogP contribution in [0.1, 0.15) is 36.0 Å². The molecule has 1 aliphatic rings. The number of benzene rings is 1. The molecule has 5 nitrogen and oxygen atoms in total. The van der Waals surface area contributed by atoms with E-state index in [-0.39, 0.29) is 12.5 Å². The number of amides is 1. The zero-order valence-electron chi connectivity index (χ0n) is 11.0. The molecule has 0 heterocycles. The van der Waals surface area contributed by atoms with Gasteiger partial charge in [-0.1, -0.05) is 0 Å². The Bertz CT molecular complexity index is 438. The van der Waals surface area contributed by atoms with Gasteiger partial charge in [0.2, 0.25) is 0 Å². The fourth-order valence-corrected chi connectivity index (χ4v) is 2.36. The Kier molecular flexibility index (Phi) is 4.27. The minimum atomic E-state index is -0.0443. The summed E-state index contributed by atoms with van der Waals surface area (Å²) >= 11 is 0. The number of rotatable bonds is 5. The predicted molar refractivity (Wildman–Crippen MR) is 75.6 cm³/mol. The lowest BCUT2D eigenvalue weighted by molar-refractivity contribution is 0.0562. The van der Waals surface area contributed by atoms with Crippen LogP contribution in [0.15, 0.2) is 18.2 Å². The number of hydrogen-bond donors (Lipinski definition) is 3. The van der Waals surface area contributed by atoms with E-state index in [4.69, 9.17) is 16.6 Å². The number of aliphatic hydroxyl groups excluding tert-OH is 1. The molecule has 0 atom stereocenters. The second-order valence-corrected chi connectivity index (χ2v) is 5.05. The summed E-state index contributed by atoms with van der Waals surface area (Å²) in [4.78, 5) is 14.4. The number of aliphatic hydroxyl groups is 1. The summed E-state index contributed by atoms with van der Waals surface area (Å²) in [6, 6.07) is 5.24. The fourth-order valence-electron chi connectivity index (χ4n) is 2.36. The molecule has 1 aliphatic carbocycles. The molecule has 1 aromatic carbocycles. The summed E-state index contributed by atoms with van der Waals surface area (Å²) in [5, 5.41) is 8.95. The van der Waals surface area contributed by atoms with Gasteiger partial charge in [-0.2, -0.15) is 0 Å². The molecule has 1 saturated carbocycles. The third kappa shape index (κ3) is 3.17. The van der Waals surface area contributed by atoms with Gasteiger partial charge in [-0.05, 0) is 43.9 Å². The van der Waals surface area contributed by atoms with Gasteiger partial charge in [0.15, 0.2) is 0 Å². The Morgan fingerprint density at radius 1 is 1.26 bits per heavy atom. The lowest BCUT2D eigenvalue weighted by Gasteiger charge is -2.37. The van der Waals surface area contributed by atoms with Gasteiger partial charge in [0, 0.05) is 36.1 Å². The summed E-state index contributed by atoms with van der Waals surface area (Å²) in [6.45, 7) is 0.671. The Morgan fingerprint density at radius 2 is 1.89 bits per heavy atom. The Labute approximate surface area is 113 Å². The molecule has 0 spiro atoms. The van der Waals surface area contributed by atoms with Crippen LogP contribution in [0.5, 0.6) is 0 Å². The maximum Gasteiger partial charge on any atom is 0.254 e. The van der Waals surface area contributed by atoms with Gasteiger partial charge in [0.1, 0.15) is 0 Å². The van der Waals surface area contributed by atoms with Gasteiger partial charge in [0.25, 0.3) is 5.91 Å². The Hall–Kier alpha value is -1.75. The van der Waals surface area contributed by atoms with Crippen LogP contribution in [-0.2, 0) is 0 Å². The largest absolute Gasteiger partial charge is 0.399 e. The molecule has 5 N–H and O–H groups in total. The van der Waals surface area contributed by atoms with Gasteiger partial charge < -0.3 is 21.5 Å². The first kappa shape index (κ1) is 13.7. The first-order valence-electron chi connectivity index (χ1n) is 6.69. The highest BCUT2D eigenvalue weighted by molar-refractivity contribution is 5.96. The number of nitrogen functional groups attached to an aromatic ring is 2. The van der Waals surface area contributed by atoms with Crippen LogP contribution in [-0.4, -0.2) is 35.1 Å². The number of anilines is 2. The molecule has 2 rings (SSSR count). The van der Waals surface area contributed by atoms with Crippen molar-refractivity contribution in [1.82, 2.24) is 4.90 Å². The van der Waals surface area contributed by atoms with Crippen molar-refractivity contribution in [2.45, 2.75) is 31.7 Å². The molecule has 1 aromatic rings. The summed E-state index contributed by atoms with van der Waals surface area (Å²) < 4.78 is 0. The molecule has 0 aromatic heterocycles. The number of nitrogens with two attached hydrogens (primary N) is 2. The first-order valence-corrected chi connectivity index (χ1v) is 6.69. The first-order chi connectivity index (χ1) is 9.11. The molecule has 0 aliphatic heterocycles. The van der Waals surface area contributed by atoms with Gasteiger partial charge in [-0.25, -0.2) is 0 Å². The van der Waals surface area contributed by atoms with Crippen molar-refractivity contribution in [2.24, 2.45) is 0 Å². The zero-order valence-corrected chi connectivity index (χ0v) is 11.0. The lowest BCUT2D eigenvalue weighted by atomic mass is 9.90. The second-order valence-electron chi connectivity index (χ2n) is 5.05. The van der Waals surface area contributed by atoms with E-state index in [2.05, 4.69) is 0 Å². The monoisotopic (exact) mass is 263 g/mol. The highest BCUT2D eigenvalue weighted by Crippen LogP contribution is 2.27. The molecule has 0 saturated heterocycles.